The molecule has 4 nitrogen and oxygen atoms in total. The van der Waals surface area contributed by atoms with Gasteiger partial charge in [0.2, 0.25) is 0 Å². The summed E-state index contributed by atoms with van der Waals surface area (Å²) in [5, 5.41) is 17.7. The minimum Gasteiger partial charge on any atom is -0.392 e. The summed E-state index contributed by atoms with van der Waals surface area (Å²) in [4.78, 5) is 0. The molecule has 0 aliphatic rings. The van der Waals surface area contributed by atoms with Crippen LogP contribution >= 0.6 is 0 Å². The largest absolute Gasteiger partial charge is 0.392 e. The first-order valence-corrected chi connectivity index (χ1v) is 7.91. The number of aliphatic hydroxyl groups excluding tert-OH is 1. The van der Waals surface area contributed by atoms with Gasteiger partial charge in [0.1, 0.15) is 12.1 Å². The van der Waals surface area contributed by atoms with Gasteiger partial charge in [-0.1, -0.05) is 23.8 Å². The van der Waals surface area contributed by atoms with Crippen LogP contribution in [0, 0.1) is 12.7 Å². The standard InChI is InChI=1S/C19H20FN3O/c1-12(2)23-11-21-22-19(23)17-9-14(10-24)5-6-15(17)16-8-13(3)4-7-18(16)20/h4-9,11-12,24H,10H2,1-3H3. The van der Waals surface area contributed by atoms with E-state index >= 15 is 0 Å². The molecular formula is C19H20FN3O. The Morgan fingerprint density at radius 1 is 1.08 bits per heavy atom. The number of hydrogen-bond donors (Lipinski definition) is 1. The Bertz CT molecular complexity index is 871. The molecule has 0 aliphatic heterocycles. The number of hydrogen-bond acceptors (Lipinski definition) is 3. The van der Waals surface area contributed by atoms with Crippen molar-refractivity contribution in [1.82, 2.24) is 14.8 Å². The lowest BCUT2D eigenvalue weighted by Gasteiger charge is -2.15. The first kappa shape index (κ1) is 16.3. The fourth-order valence-electron chi connectivity index (χ4n) is 2.77. The van der Waals surface area contributed by atoms with Gasteiger partial charge in [-0.3, -0.25) is 0 Å². The maximum atomic E-state index is 14.4. The molecule has 0 saturated carbocycles. The summed E-state index contributed by atoms with van der Waals surface area (Å²) >= 11 is 0. The summed E-state index contributed by atoms with van der Waals surface area (Å²) in [6.45, 7) is 5.92. The average Bonchev–Trinajstić information content (AvgIpc) is 3.06. The van der Waals surface area contributed by atoms with Crippen LogP contribution in [0.1, 0.15) is 31.0 Å². The molecular weight excluding hydrogens is 305 g/mol. The molecule has 3 aromatic rings. The molecule has 1 N–H and O–H groups in total. The van der Waals surface area contributed by atoms with Crippen LogP contribution in [0.25, 0.3) is 22.5 Å². The van der Waals surface area contributed by atoms with Crippen molar-refractivity contribution in [2.24, 2.45) is 0 Å². The van der Waals surface area contributed by atoms with Crippen molar-refractivity contribution in [3.8, 4) is 22.5 Å². The molecule has 0 aliphatic carbocycles. The molecule has 5 heteroatoms. The van der Waals surface area contributed by atoms with Crippen molar-refractivity contribution in [1.29, 1.82) is 0 Å². The van der Waals surface area contributed by atoms with E-state index in [2.05, 4.69) is 10.2 Å². The Kier molecular flexibility index (Phi) is 4.44. The molecule has 24 heavy (non-hydrogen) atoms. The van der Waals surface area contributed by atoms with Crippen LogP contribution in [0.3, 0.4) is 0 Å². The molecule has 0 radical (unpaired) electrons. The molecule has 1 aromatic heterocycles. The summed E-state index contributed by atoms with van der Waals surface area (Å²) in [5.74, 6) is 0.380. The number of aliphatic hydroxyl groups is 1. The van der Waals surface area contributed by atoms with Crippen molar-refractivity contribution in [2.45, 2.75) is 33.4 Å². The first-order valence-electron chi connectivity index (χ1n) is 7.91. The lowest BCUT2D eigenvalue weighted by molar-refractivity contribution is 0.282. The maximum absolute atomic E-state index is 14.4. The Balaban J connectivity index is 2.28. The van der Waals surface area contributed by atoms with Gasteiger partial charge in [0.15, 0.2) is 5.82 Å². The van der Waals surface area contributed by atoms with Crippen molar-refractivity contribution in [3.63, 3.8) is 0 Å². The molecule has 0 spiro atoms. The van der Waals surface area contributed by atoms with Gasteiger partial charge in [0, 0.05) is 17.2 Å². The Hall–Kier alpha value is -2.53. The van der Waals surface area contributed by atoms with E-state index in [-0.39, 0.29) is 18.5 Å². The first-order chi connectivity index (χ1) is 11.5. The van der Waals surface area contributed by atoms with E-state index < -0.39 is 0 Å². The van der Waals surface area contributed by atoms with Gasteiger partial charge >= 0.3 is 0 Å². The van der Waals surface area contributed by atoms with Crippen LogP contribution in [-0.4, -0.2) is 19.9 Å². The van der Waals surface area contributed by atoms with E-state index in [0.29, 0.717) is 11.4 Å². The second kappa shape index (κ2) is 6.53. The molecule has 2 aromatic carbocycles. The fourth-order valence-corrected chi connectivity index (χ4v) is 2.77. The summed E-state index contributed by atoms with van der Waals surface area (Å²) in [5.41, 5.74) is 3.75. The van der Waals surface area contributed by atoms with Gasteiger partial charge in [-0.15, -0.1) is 10.2 Å². The highest BCUT2D eigenvalue weighted by Gasteiger charge is 2.17. The molecule has 0 atom stereocenters. The lowest BCUT2D eigenvalue weighted by atomic mass is 9.95. The summed E-state index contributed by atoms with van der Waals surface area (Å²) in [6.07, 6.45) is 1.67. The topological polar surface area (TPSA) is 50.9 Å². The Morgan fingerprint density at radius 2 is 1.88 bits per heavy atom. The highest BCUT2D eigenvalue weighted by molar-refractivity contribution is 5.81. The summed E-state index contributed by atoms with van der Waals surface area (Å²) < 4.78 is 16.4. The number of benzene rings is 2. The third-order valence-corrected chi connectivity index (χ3v) is 4.05. The van der Waals surface area contributed by atoms with Crippen LogP contribution < -0.4 is 0 Å². The number of aryl methyl sites for hydroxylation is 1. The highest BCUT2D eigenvalue weighted by Crippen LogP contribution is 2.34. The smallest absolute Gasteiger partial charge is 0.164 e. The quantitative estimate of drug-likeness (QED) is 0.784. The lowest BCUT2D eigenvalue weighted by Crippen LogP contribution is -2.03. The monoisotopic (exact) mass is 325 g/mol. The van der Waals surface area contributed by atoms with Crippen LogP contribution in [0.5, 0.6) is 0 Å². The van der Waals surface area contributed by atoms with Crippen LogP contribution in [0.4, 0.5) is 4.39 Å². The third kappa shape index (κ3) is 2.95. The zero-order valence-electron chi connectivity index (χ0n) is 14.0. The van der Waals surface area contributed by atoms with Gasteiger partial charge in [0.25, 0.3) is 0 Å². The number of aromatic nitrogens is 3. The van der Waals surface area contributed by atoms with E-state index in [9.17, 15) is 9.50 Å². The van der Waals surface area contributed by atoms with E-state index in [1.54, 1.807) is 18.5 Å². The zero-order valence-corrected chi connectivity index (χ0v) is 14.0. The Morgan fingerprint density at radius 3 is 2.58 bits per heavy atom. The fraction of sp³-hybridized carbons (Fsp3) is 0.263. The molecule has 0 unspecified atom stereocenters. The van der Waals surface area contributed by atoms with E-state index in [1.807, 2.05) is 43.5 Å². The predicted octanol–water partition coefficient (Wildman–Crippen LogP) is 4.13. The molecule has 0 saturated heterocycles. The van der Waals surface area contributed by atoms with Gasteiger partial charge < -0.3 is 9.67 Å². The van der Waals surface area contributed by atoms with Crippen molar-refractivity contribution >= 4 is 0 Å². The molecule has 0 bridgehead atoms. The van der Waals surface area contributed by atoms with E-state index in [0.717, 1.165) is 22.3 Å². The predicted molar refractivity (Wildman–Crippen MR) is 91.9 cm³/mol. The molecule has 1 heterocycles. The molecule has 124 valence electrons. The maximum Gasteiger partial charge on any atom is 0.164 e. The van der Waals surface area contributed by atoms with Gasteiger partial charge in [-0.2, -0.15) is 0 Å². The minimum absolute atomic E-state index is 0.0839. The number of halogens is 1. The van der Waals surface area contributed by atoms with Crippen molar-refractivity contribution in [2.75, 3.05) is 0 Å². The molecule has 3 rings (SSSR count). The number of nitrogens with zero attached hydrogens (tertiary/aromatic N) is 3. The van der Waals surface area contributed by atoms with Crippen molar-refractivity contribution in [3.05, 3.63) is 59.7 Å². The second-order valence-electron chi connectivity index (χ2n) is 6.18. The van der Waals surface area contributed by atoms with E-state index in [1.165, 1.54) is 6.07 Å². The Labute approximate surface area is 140 Å². The van der Waals surface area contributed by atoms with Crippen LogP contribution in [-0.2, 0) is 6.61 Å². The van der Waals surface area contributed by atoms with Gasteiger partial charge in [0.05, 0.1) is 6.61 Å². The normalized spacial score (nSPS) is 11.2. The van der Waals surface area contributed by atoms with Crippen LogP contribution in [0.15, 0.2) is 42.7 Å². The summed E-state index contributed by atoms with van der Waals surface area (Å²) in [6, 6.07) is 10.7. The van der Waals surface area contributed by atoms with E-state index in [4.69, 9.17) is 0 Å². The molecule has 0 amide bonds. The minimum atomic E-state index is -0.283. The third-order valence-electron chi connectivity index (χ3n) is 4.05. The second-order valence-corrected chi connectivity index (χ2v) is 6.18. The average molecular weight is 325 g/mol. The van der Waals surface area contributed by atoms with Crippen molar-refractivity contribution < 1.29 is 9.50 Å². The zero-order chi connectivity index (χ0) is 17.3. The number of rotatable bonds is 4. The van der Waals surface area contributed by atoms with Crippen LogP contribution in [0.2, 0.25) is 0 Å². The highest BCUT2D eigenvalue weighted by atomic mass is 19.1. The molecule has 0 fully saturated rings. The van der Waals surface area contributed by atoms with Gasteiger partial charge in [-0.25, -0.2) is 4.39 Å². The summed E-state index contributed by atoms with van der Waals surface area (Å²) in [7, 11) is 0. The van der Waals surface area contributed by atoms with Gasteiger partial charge in [-0.05, 0) is 50.1 Å². The SMILES string of the molecule is Cc1ccc(F)c(-c2ccc(CO)cc2-c2nncn2C(C)C)c1.